The van der Waals surface area contributed by atoms with Crippen molar-refractivity contribution in [2.24, 2.45) is 0 Å². The van der Waals surface area contributed by atoms with Gasteiger partial charge in [-0.2, -0.15) is 0 Å². The van der Waals surface area contributed by atoms with Crippen LogP contribution in [0.15, 0.2) is 29.2 Å². The molecule has 0 fully saturated rings. The molecule has 1 aromatic rings. The summed E-state index contributed by atoms with van der Waals surface area (Å²) >= 11 is 0. The van der Waals surface area contributed by atoms with E-state index in [0.717, 1.165) is 25.9 Å². The lowest BCUT2D eigenvalue weighted by molar-refractivity contribution is 0.0940. The number of hydrogen-bond acceptors (Lipinski definition) is 4. The Balaban J connectivity index is 2.44. The van der Waals surface area contributed by atoms with Crippen molar-refractivity contribution in [2.75, 3.05) is 19.8 Å². The Labute approximate surface area is 145 Å². The van der Waals surface area contributed by atoms with Crippen LogP contribution < -0.4 is 10.0 Å². The Morgan fingerprint density at radius 2 is 1.75 bits per heavy atom. The summed E-state index contributed by atoms with van der Waals surface area (Å²) in [5.41, 5.74) is 0.436. The second-order valence-electron chi connectivity index (χ2n) is 5.88. The van der Waals surface area contributed by atoms with Crippen LogP contribution in [0.4, 0.5) is 0 Å². The fourth-order valence-electron chi connectivity index (χ4n) is 1.99. The van der Waals surface area contributed by atoms with Gasteiger partial charge in [-0.3, -0.25) is 4.79 Å². The predicted molar refractivity (Wildman–Crippen MR) is 94.6 cm³/mol. The maximum Gasteiger partial charge on any atom is 0.251 e. The summed E-state index contributed by atoms with van der Waals surface area (Å²) in [5, 5.41) is 2.80. The fraction of sp³-hybridized carbons (Fsp3) is 0.588. The Morgan fingerprint density at radius 1 is 1.12 bits per heavy atom. The predicted octanol–water partition coefficient (Wildman–Crippen LogP) is 2.31. The third-order valence-corrected chi connectivity index (χ3v) is 4.89. The molecular formula is C17H28N2O4S. The zero-order valence-corrected chi connectivity index (χ0v) is 15.5. The van der Waals surface area contributed by atoms with Gasteiger partial charge >= 0.3 is 0 Å². The second-order valence-corrected chi connectivity index (χ2v) is 7.59. The van der Waals surface area contributed by atoms with Crippen LogP contribution >= 0.6 is 0 Å². The van der Waals surface area contributed by atoms with E-state index in [9.17, 15) is 13.2 Å². The van der Waals surface area contributed by atoms with E-state index in [1.165, 1.54) is 24.3 Å². The molecule has 1 rings (SSSR count). The smallest absolute Gasteiger partial charge is 0.251 e. The number of rotatable bonds is 11. The van der Waals surface area contributed by atoms with Crippen molar-refractivity contribution in [1.29, 1.82) is 0 Å². The minimum atomic E-state index is -3.53. The first-order chi connectivity index (χ1) is 11.4. The Morgan fingerprint density at radius 3 is 2.33 bits per heavy atom. The quantitative estimate of drug-likeness (QED) is 0.596. The minimum Gasteiger partial charge on any atom is -0.381 e. The van der Waals surface area contributed by atoms with Crippen molar-refractivity contribution in [3.8, 4) is 0 Å². The lowest BCUT2D eigenvalue weighted by Crippen LogP contribution is -2.30. The van der Waals surface area contributed by atoms with Crippen molar-refractivity contribution >= 4 is 15.9 Å². The molecule has 0 spiro atoms. The van der Waals surface area contributed by atoms with Crippen LogP contribution in [0.3, 0.4) is 0 Å². The lowest BCUT2D eigenvalue weighted by Gasteiger charge is -2.10. The second kappa shape index (κ2) is 10.4. The van der Waals surface area contributed by atoms with Crippen LogP contribution in [-0.2, 0) is 14.8 Å². The number of ether oxygens (including phenoxy) is 1. The van der Waals surface area contributed by atoms with Gasteiger partial charge in [-0.05, 0) is 51.0 Å². The van der Waals surface area contributed by atoms with E-state index in [0.29, 0.717) is 18.7 Å². The highest BCUT2D eigenvalue weighted by atomic mass is 32.2. The van der Waals surface area contributed by atoms with Gasteiger partial charge in [-0.15, -0.1) is 0 Å². The van der Waals surface area contributed by atoms with E-state index in [2.05, 4.69) is 17.0 Å². The van der Waals surface area contributed by atoms with Gasteiger partial charge < -0.3 is 10.1 Å². The first-order valence-electron chi connectivity index (χ1n) is 8.35. The van der Waals surface area contributed by atoms with E-state index >= 15 is 0 Å². The molecule has 2 N–H and O–H groups in total. The number of hydrogen-bond donors (Lipinski definition) is 2. The first kappa shape index (κ1) is 20.6. The van der Waals surface area contributed by atoms with Crippen LogP contribution in [0.1, 0.15) is 50.4 Å². The van der Waals surface area contributed by atoms with Crippen molar-refractivity contribution in [2.45, 2.75) is 51.0 Å². The van der Waals surface area contributed by atoms with Gasteiger partial charge in [0.1, 0.15) is 0 Å². The molecule has 1 amide bonds. The van der Waals surface area contributed by atoms with Gasteiger partial charge in [0.25, 0.3) is 5.91 Å². The third kappa shape index (κ3) is 7.42. The zero-order valence-electron chi connectivity index (χ0n) is 14.7. The van der Waals surface area contributed by atoms with Crippen LogP contribution in [0.5, 0.6) is 0 Å². The van der Waals surface area contributed by atoms with Crippen molar-refractivity contribution < 1.29 is 17.9 Å². The normalized spacial score (nSPS) is 11.7. The first-order valence-corrected chi connectivity index (χ1v) is 9.83. The molecule has 0 aromatic heterocycles. The van der Waals surface area contributed by atoms with Crippen LogP contribution in [0, 0.1) is 0 Å². The van der Waals surface area contributed by atoms with Crippen molar-refractivity contribution in [3.05, 3.63) is 29.8 Å². The molecule has 24 heavy (non-hydrogen) atoms. The minimum absolute atomic E-state index is 0.150. The number of nitrogens with one attached hydrogen (secondary N) is 2. The van der Waals surface area contributed by atoms with Crippen LogP contribution in [0.25, 0.3) is 0 Å². The highest BCUT2D eigenvalue weighted by Gasteiger charge is 2.15. The number of unbranched alkanes of at least 4 members (excludes halogenated alkanes) is 1. The maximum atomic E-state index is 12.0. The molecule has 7 heteroatoms. The Hall–Kier alpha value is -1.44. The topological polar surface area (TPSA) is 84.5 Å². The Bertz CT molecular complexity index is 598. The highest BCUT2D eigenvalue weighted by Crippen LogP contribution is 2.11. The number of sulfonamides is 1. The number of carbonyl (C=O) groups is 1. The summed E-state index contributed by atoms with van der Waals surface area (Å²) in [7, 11) is -3.53. The van der Waals surface area contributed by atoms with E-state index in [1.54, 1.807) is 13.8 Å². The van der Waals surface area contributed by atoms with Crippen molar-refractivity contribution in [1.82, 2.24) is 10.0 Å². The van der Waals surface area contributed by atoms with Gasteiger partial charge in [0.15, 0.2) is 0 Å². The van der Waals surface area contributed by atoms with Gasteiger partial charge in [-0.25, -0.2) is 13.1 Å². The molecule has 0 saturated carbocycles. The summed E-state index contributed by atoms with van der Waals surface area (Å²) in [5.74, 6) is -0.218. The summed E-state index contributed by atoms with van der Waals surface area (Å²) in [4.78, 5) is 12.2. The van der Waals surface area contributed by atoms with Crippen molar-refractivity contribution in [3.63, 3.8) is 0 Å². The molecule has 0 radical (unpaired) electrons. The molecule has 0 aliphatic carbocycles. The largest absolute Gasteiger partial charge is 0.381 e. The maximum absolute atomic E-state index is 12.0. The van der Waals surface area contributed by atoms with E-state index in [-0.39, 0.29) is 16.8 Å². The number of benzene rings is 1. The molecule has 1 aromatic carbocycles. The SMILES string of the molecule is CCCCOCCCNC(=O)c1ccc(S(=O)(=O)NC(C)C)cc1. The monoisotopic (exact) mass is 356 g/mol. The Kier molecular flexibility index (Phi) is 8.95. The number of amides is 1. The average Bonchev–Trinajstić information content (AvgIpc) is 2.53. The zero-order chi connectivity index (χ0) is 18.0. The van der Waals surface area contributed by atoms with E-state index in [4.69, 9.17) is 4.74 Å². The molecular weight excluding hydrogens is 328 g/mol. The summed E-state index contributed by atoms with van der Waals surface area (Å²) in [6.45, 7) is 7.53. The molecule has 0 aliphatic heterocycles. The van der Waals surface area contributed by atoms with E-state index < -0.39 is 10.0 Å². The van der Waals surface area contributed by atoms with Crippen LogP contribution in [0.2, 0.25) is 0 Å². The molecule has 6 nitrogen and oxygen atoms in total. The lowest BCUT2D eigenvalue weighted by atomic mass is 10.2. The molecule has 136 valence electrons. The molecule has 0 atom stereocenters. The molecule has 0 heterocycles. The van der Waals surface area contributed by atoms with E-state index in [1.807, 2.05) is 0 Å². The molecule has 0 unspecified atom stereocenters. The van der Waals surface area contributed by atoms with Gasteiger partial charge in [0.05, 0.1) is 4.90 Å². The van der Waals surface area contributed by atoms with Gasteiger partial charge in [-0.1, -0.05) is 13.3 Å². The van der Waals surface area contributed by atoms with Gasteiger partial charge in [0.2, 0.25) is 10.0 Å². The fourth-order valence-corrected chi connectivity index (χ4v) is 3.24. The standard InChI is InChI=1S/C17H28N2O4S/c1-4-5-12-23-13-6-11-18-17(20)15-7-9-16(10-8-15)24(21,22)19-14(2)3/h7-10,14,19H,4-6,11-13H2,1-3H3,(H,18,20). The number of carbonyl (C=O) groups excluding carboxylic acids is 1. The molecule has 0 aliphatic rings. The highest BCUT2D eigenvalue weighted by molar-refractivity contribution is 7.89. The molecule has 0 bridgehead atoms. The third-order valence-electron chi connectivity index (χ3n) is 3.21. The van der Waals surface area contributed by atoms with Gasteiger partial charge in [0, 0.05) is 31.4 Å². The average molecular weight is 356 g/mol. The van der Waals surface area contributed by atoms with Crippen LogP contribution in [-0.4, -0.2) is 40.1 Å². The summed E-state index contributed by atoms with van der Waals surface area (Å²) in [6.07, 6.45) is 2.91. The molecule has 0 saturated heterocycles. The summed E-state index contributed by atoms with van der Waals surface area (Å²) < 4.78 is 32.0. The summed E-state index contributed by atoms with van der Waals surface area (Å²) in [6, 6.07) is 5.72.